The number of aliphatic hydroxyl groups excluding tert-OH is 1. The van der Waals surface area contributed by atoms with Gasteiger partial charge in [0.15, 0.2) is 0 Å². The lowest BCUT2D eigenvalue weighted by molar-refractivity contribution is -0.161. The van der Waals surface area contributed by atoms with E-state index >= 15 is 0 Å². The summed E-state index contributed by atoms with van der Waals surface area (Å²) in [5.74, 6) is -3.03. The average molecular weight is 545 g/mol. The first kappa shape index (κ1) is 28.3. The standard InChI is InChI=1S/C29H37ClN2O6/c1-6-15-31(23-18(5)11-10-12-20(23)30)26(35)24-29-14-13-28(9-4,38-29)22(27(36)37-16-7-2)21(29)25(34)32(24)19(8-3)17-33/h6-7,10-12,19,21-22,24,33H,1-2,8-9,13-17H2,3-5H3/t19-,21-,22+,24?,28-,29?/m0/s1. The van der Waals surface area contributed by atoms with Gasteiger partial charge >= 0.3 is 5.97 Å². The summed E-state index contributed by atoms with van der Waals surface area (Å²) < 4.78 is 12.2. The number of esters is 1. The average Bonchev–Trinajstić information content (AvgIpc) is 3.51. The zero-order valence-electron chi connectivity index (χ0n) is 22.3. The van der Waals surface area contributed by atoms with Gasteiger partial charge in [-0.3, -0.25) is 14.4 Å². The normalized spacial score (nSPS) is 30.2. The largest absolute Gasteiger partial charge is 0.461 e. The number of aliphatic hydroxyl groups is 1. The summed E-state index contributed by atoms with van der Waals surface area (Å²) in [7, 11) is 0. The molecule has 2 amide bonds. The monoisotopic (exact) mass is 544 g/mol. The first-order valence-corrected chi connectivity index (χ1v) is 13.6. The summed E-state index contributed by atoms with van der Waals surface area (Å²) in [6, 6.07) is 3.70. The molecule has 38 heavy (non-hydrogen) atoms. The highest BCUT2D eigenvalue weighted by Crippen LogP contribution is 2.65. The third-order valence-corrected chi connectivity index (χ3v) is 8.87. The quantitative estimate of drug-likeness (QED) is 0.336. The van der Waals surface area contributed by atoms with Crippen LogP contribution >= 0.6 is 11.6 Å². The molecule has 3 saturated heterocycles. The fourth-order valence-corrected chi connectivity index (χ4v) is 7.19. The van der Waals surface area contributed by atoms with Gasteiger partial charge in [-0.25, -0.2) is 0 Å². The van der Waals surface area contributed by atoms with Crippen LogP contribution in [0.5, 0.6) is 0 Å². The molecule has 8 nitrogen and oxygen atoms in total. The van der Waals surface area contributed by atoms with Crippen molar-refractivity contribution in [2.45, 2.75) is 69.7 Å². The van der Waals surface area contributed by atoms with E-state index in [1.165, 1.54) is 15.9 Å². The Bertz CT molecular complexity index is 1120. The van der Waals surface area contributed by atoms with E-state index in [2.05, 4.69) is 13.2 Å². The molecule has 3 aliphatic rings. The summed E-state index contributed by atoms with van der Waals surface area (Å²) in [5, 5.41) is 10.7. The number of carbonyl (C=O) groups excluding carboxylic acids is 3. The smallest absolute Gasteiger partial charge is 0.313 e. The SMILES string of the molecule is C=CCOC(=O)[C@H]1[C@H]2C(=O)N([C@@H](CC)CO)C(C(=O)N(CC=C)c3c(C)cccc3Cl)C23CC[C@]1(CC)O3. The minimum absolute atomic E-state index is 0.0161. The highest BCUT2D eigenvalue weighted by Gasteiger charge is 2.79. The van der Waals surface area contributed by atoms with Crippen LogP contribution in [-0.4, -0.2) is 70.8 Å². The second-order valence-electron chi connectivity index (χ2n) is 10.4. The van der Waals surface area contributed by atoms with Gasteiger partial charge in [0, 0.05) is 6.54 Å². The Morgan fingerprint density at radius 1 is 1.32 bits per heavy atom. The number of amides is 2. The molecule has 0 aliphatic carbocycles. The zero-order valence-corrected chi connectivity index (χ0v) is 23.1. The van der Waals surface area contributed by atoms with Gasteiger partial charge in [0.1, 0.15) is 24.2 Å². The second-order valence-corrected chi connectivity index (χ2v) is 10.8. The molecular formula is C29H37ClN2O6. The van der Waals surface area contributed by atoms with Gasteiger partial charge in [-0.05, 0) is 44.2 Å². The Hall–Kier alpha value is -2.68. The molecule has 3 fully saturated rings. The molecule has 0 aromatic heterocycles. The van der Waals surface area contributed by atoms with E-state index in [0.717, 1.165) is 5.56 Å². The van der Waals surface area contributed by atoms with E-state index in [9.17, 15) is 19.5 Å². The predicted molar refractivity (Wildman–Crippen MR) is 145 cm³/mol. The third-order valence-electron chi connectivity index (χ3n) is 8.56. The van der Waals surface area contributed by atoms with Crippen molar-refractivity contribution < 1.29 is 29.0 Å². The number of likely N-dealkylation sites (tertiary alicyclic amines) is 1. The number of anilines is 1. The number of ether oxygens (including phenoxy) is 2. The van der Waals surface area contributed by atoms with Crippen LogP contribution in [-0.2, 0) is 23.9 Å². The molecule has 1 N–H and O–H groups in total. The molecule has 4 rings (SSSR count). The van der Waals surface area contributed by atoms with Crippen LogP contribution in [0.1, 0.15) is 45.1 Å². The van der Waals surface area contributed by atoms with E-state index in [0.29, 0.717) is 36.4 Å². The van der Waals surface area contributed by atoms with Gasteiger partial charge in [-0.15, -0.1) is 6.58 Å². The highest BCUT2D eigenvalue weighted by molar-refractivity contribution is 6.34. The number of carbonyl (C=O) groups is 3. The van der Waals surface area contributed by atoms with Crippen LogP contribution in [0.25, 0.3) is 0 Å². The Morgan fingerprint density at radius 2 is 2.05 bits per heavy atom. The molecule has 3 aliphatic heterocycles. The van der Waals surface area contributed by atoms with Crippen molar-refractivity contribution in [2.24, 2.45) is 11.8 Å². The van der Waals surface area contributed by atoms with Crippen molar-refractivity contribution in [3.8, 4) is 0 Å². The van der Waals surface area contributed by atoms with E-state index in [1.807, 2.05) is 32.9 Å². The van der Waals surface area contributed by atoms with Gasteiger partial charge in [-0.2, -0.15) is 0 Å². The molecule has 6 atom stereocenters. The maximum atomic E-state index is 14.6. The van der Waals surface area contributed by atoms with Crippen LogP contribution in [0, 0.1) is 18.8 Å². The molecule has 2 unspecified atom stereocenters. The minimum atomic E-state index is -1.24. The van der Waals surface area contributed by atoms with Crippen molar-refractivity contribution in [2.75, 3.05) is 24.7 Å². The van der Waals surface area contributed by atoms with Gasteiger partial charge < -0.3 is 24.4 Å². The maximum Gasteiger partial charge on any atom is 0.313 e. The number of halogens is 1. The molecule has 3 heterocycles. The molecule has 2 bridgehead atoms. The zero-order chi connectivity index (χ0) is 27.8. The lowest BCUT2D eigenvalue weighted by Crippen LogP contribution is -2.59. The number of hydrogen-bond acceptors (Lipinski definition) is 6. The third kappa shape index (κ3) is 4.08. The van der Waals surface area contributed by atoms with E-state index in [4.69, 9.17) is 21.1 Å². The molecule has 1 spiro atoms. The number of benzene rings is 1. The van der Waals surface area contributed by atoms with Gasteiger partial charge in [0.2, 0.25) is 5.91 Å². The molecule has 1 aromatic rings. The van der Waals surface area contributed by atoms with Crippen LogP contribution in [0.15, 0.2) is 43.5 Å². The Kier molecular flexibility index (Phi) is 8.07. The molecule has 206 valence electrons. The fraction of sp³-hybridized carbons (Fsp3) is 0.552. The number of nitrogens with zero attached hydrogens (tertiary/aromatic N) is 2. The number of para-hydroxylation sites is 1. The molecular weight excluding hydrogens is 508 g/mol. The van der Waals surface area contributed by atoms with Gasteiger partial charge in [0.25, 0.3) is 5.91 Å². The molecule has 9 heteroatoms. The Labute approximate surface area is 229 Å². The van der Waals surface area contributed by atoms with Crippen molar-refractivity contribution in [3.05, 3.63) is 54.1 Å². The van der Waals surface area contributed by atoms with Crippen molar-refractivity contribution >= 4 is 35.1 Å². The van der Waals surface area contributed by atoms with Crippen LogP contribution in [0.2, 0.25) is 5.02 Å². The number of rotatable bonds is 11. The Balaban J connectivity index is 1.88. The van der Waals surface area contributed by atoms with E-state index in [1.54, 1.807) is 12.1 Å². The summed E-state index contributed by atoms with van der Waals surface area (Å²) in [6.45, 7) is 12.9. The van der Waals surface area contributed by atoms with Crippen molar-refractivity contribution in [1.82, 2.24) is 4.90 Å². The topological polar surface area (TPSA) is 96.4 Å². The summed E-state index contributed by atoms with van der Waals surface area (Å²) in [6.07, 6.45) is 4.95. The Morgan fingerprint density at radius 3 is 2.63 bits per heavy atom. The number of hydrogen-bond donors (Lipinski definition) is 1. The second kappa shape index (κ2) is 10.8. The lowest BCUT2D eigenvalue weighted by atomic mass is 9.65. The minimum Gasteiger partial charge on any atom is -0.461 e. The number of aryl methyl sites for hydroxylation is 1. The predicted octanol–water partition coefficient (Wildman–Crippen LogP) is 3.82. The van der Waals surface area contributed by atoms with Crippen molar-refractivity contribution in [1.29, 1.82) is 0 Å². The maximum absolute atomic E-state index is 14.6. The summed E-state index contributed by atoms with van der Waals surface area (Å²) in [4.78, 5) is 45.3. The van der Waals surface area contributed by atoms with Crippen molar-refractivity contribution in [3.63, 3.8) is 0 Å². The van der Waals surface area contributed by atoms with Gasteiger partial charge in [0.05, 0.1) is 34.9 Å². The summed E-state index contributed by atoms with van der Waals surface area (Å²) in [5.41, 5.74) is -0.824. The molecule has 0 saturated carbocycles. The van der Waals surface area contributed by atoms with Crippen LogP contribution in [0.3, 0.4) is 0 Å². The van der Waals surface area contributed by atoms with Gasteiger partial charge in [-0.1, -0.05) is 56.3 Å². The molecule has 0 radical (unpaired) electrons. The molecule has 1 aromatic carbocycles. The lowest BCUT2D eigenvalue weighted by Gasteiger charge is -2.39. The fourth-order valence-electron chi connectivity index (χ4n) is 6.86. The van der Waals surface area contributed by atoms with Crippen LogP contribution < -0.4 is 4.90 Å². The first-order valence-electron chi connectivity index (χ1n) is 13.3. The van der Waals surface area contributed by atoms with Crippen LogP contribution in [0.4, 0.5) is 5.69 Å². The highest BCUT2D eigenvalue weighted by atomic mass is 35.5. The number of fused-ring (bicyclic) bond motifs is 1. The van der Waals surface area contributed by atoms with E-state index in [-0.39, 0.29) is 31.6 Å². The first-order chi connectivity index (χ1) is 18.2. The summed E-state index contributed by atoms with van der Waals surface area (Å²) >= 11 is 6.59. The van der Waals surface area contributed by atoms with E-state index < -0.39 is 41.1 Å².